The van der Waals surface area contributed by atoms with Crippen LogP contribution in [-0.4, -0.2) is 47.3 Å². The first kappa shape index (κ1) is 15.2. The Morgan fingerprint density at radius 2 is 1.62 bits per heavy atom. The van der Waals surface area contributed by atoms with Crippen LogP contribution in [0.25, 0.3) is 0 Å². The molecule has 1 aromatic heterocycles. The molecule has 2 heterocycles. The zero-order valence-electron chi connectivity index (χ0n) is 13.6. The van der Waals surface area contributed by atoms with Crippen LogP contribution in [-0.2, 0) is 5.41 Å². The number of hydrogen-bond acceptors (Lipinski definition) is 5. The summed E-state index contributed by atoms with van der Waals surface area (Å²) < 4.78 is 0. The van der Waals surface area contributed by atoms with E-state index in [0.29, 0.717) is 0 Å². The third kappa shape index (κ3) is 3.57. The molecule has 0 N–H and O–H groups in total. The molecule has 2 aliphatic rings. The van der Waals surface area contributed by atoms with Crippen molar-refractivity contribution < 1.29 is 0 Å². The molecule has 0 bridgehead atoms. The van der Waals surface area contributed by atoms with Crippen LogP contribution in [0.15, 0.2) is 0 Å². The second kappa shape index (κ2) is 6.21. The molecule has 4 nitrogen and oxygen atoms in total. The highest BCUT2D eigenvalue weighted by atomic mass is 32.1. The Bertz CT molecular complexity index is 451. The largest absolute Gasteiger partial charge is 0.344 e. The minimum absolute atomic E-state index is 0.111. The Balaban J connectivity index is 1.56. The summed E-state index contributed by atoms with van der Waals surface area (Å²) in [5, 5.41) is 11.1. The normalized spacial score (nSPS) is 22.7. The molecule has 0 amide bonds. The second-order valence-electron chi connectivity index (χ2n) is 7.45. The molecule has 0 radical (unpaired) electrons. The molecule has 0 aromatic carbocycles. The Morgan fingerprint density at radius 1 is 0.952 bits per heavy atom. The van der Waals surface area contributed by atoms with Crippen molar-refractivity contribution in [1.29, 1.82) is 0 Å². The first-order valence-corrected chi connectivity index (χ1v) is 9.19. The third-order valence-corrected chi connectivity index (χ3v) is 6.14. The lowest BCUT2D eigenvalue weighted by Crippen LogP contribution is -2.50. The van der Waals surface area contributed by atoms with Crippen molar-refractivity contribution >= 4 is 16.5 Å². The second-order valence-corrected chi connectivity index (χ2v) is 8.41. The molecule has 3 rings (SSSR count). The van der Waals surface area contributed by atoms with E-state index in [4.69, 9.17) is 0 Å². The number of hydrogen-bond donors (Lipinski definition) is 0. The zero-order valence-corrected chi connectivity index (χ0v) is 14.5. The molecule has 21 heavy (non-hydrogen) atoms. The fourth-order valence-corrected chi connectivity index (χ4v) is 4.33. The summed E-state index contributed by atoms with van der Waals surface area (Å²) in [6.45, 7) is 11.2. The van der Waals surface area contributed by atoms with E-state index in [0.717, 1.165) is 29.3 Å². The van der Waals surface area contributed by atoms with Crippen LogP contribution >= 0.6 is 11.3 Å². The molecule has 1 aromatic rings. The standard InChI is InChI=1S/C16H28N4S/c1-16(2,3)14-17-18-15(21-14)20-11-9-19(10-12-20)13-7-5-4-6-8-13/h13H,4-12H2,1-3H3. The van der Waals surface area contributed by atoms with Crippen molar-refractivity contribution in [3.8, 4) is 0 Å². The van der Waals surface area contributed by atoms with E-state index >= 15 is 0 Å². The fraction of sp³-hybridized carbons (Fsp3) is 0.875. The van der Waals surface area contributed by atoms with Gasteiger partial charge in [0.1, 0.15) is 5.01 Å². The van der Waals surface area contributed by atoms with Gasteiger partial charge in [-0.3, -0.25) is 4.90 Å². The van der Waals surface area contributed by atoms with E-state index in [1.165, 1.54) is 45.2 Å². The highest BCUT2D eigenvalue weighted by molar-refractivity contribution is 7.15. The molecule has 1 aliphatic heterocycles. The first-order chi connectivity index (χ1) is 10.0. The van der Waals surface area contributed by atoms with E-state index in [9.17, 15) is 0 Å². The SMILES string of the molecule is CC(C)(C)c1nnc(N2CCN(C3CCCCC3)CC2)s1. The number of anilines is 1. The van der Waals surface area contributed by atoms with Gasteiger partial charge in [0.15, 0.2) is 0 Å². The minimum Gasteiger partial charge on any atom is -0.344 e. The lowest BCUT2D eigenvalue weighted by molar-refractivity contribution is 0.148. The average Bonchev–Trinajstić information content (AvgIpc) is 2.98. The van der Waals surface area contributed by atoms with Crippen molar-refractivity contribution in [2.75, 3.05) is 31.1 Å². The smallest absolute Gasteiger partial charge is 0.208 e. The van der Waals surface area contributed by atoms with Gasteiger partial charge < -0.3 is 4.90 Å². The molecule has 118 valence electrons. The molecule has 5 heteroatoms. The van der Waals surface area contributed by atoms with Gasteiger partial charge in [0.05, 0.1) is 0 Å². The summed E-state index contributed by atoms with van der Waals surface area (Å²) in [6, 6.07) is 0.848. The maximum Gasteiger partial charge on any atom is 0.208 e. The highest BCUT2D eigenvalue weighted by Crippen LogP contribution is 2.31. The molecule has 0 atom stereocenters. The quantitative estimate of drug-likeness (QED) is 0.839. The molecule has 1 aliphatic carbocycles. The van der Waals surface area contributed by atoms with Gasteiger partial charge in [-0.15, -0.1) is 10.2 Å². The van der Waals surface area contributed by atoms with Crippen molar-refractivity contribution in [2.45, 2.75) is 64.3 Å². The van der Waals surface area contributed by atoms with Gasteiger partial charge >= 0.3 is 0 Å². The monoisotopic (exact) mass is 308 g/mol. The van der Waals surface area contributed by atoms with E-state index in [1.54, 1.807) is 11.3 Å². The van der Waals surface area contributed by atoms with E-state index in [-0.39, 0.29) is 5.41 Å². The van der Waals surface area contributed by atoms with Gasteiger partial charge in [0.25, 0.3) is 0 Å². The molecule has 0 unspecified atom stereocenters. The van der Waals surface area contributed by atoms with Crippen LogP contribution < -0.4 is 4.90 Å². The van der Waals surface area contributed by atoms with E-state index in [1.807, 2.05) is 0 Å². The Labute approximate surface area is 132 Å². The summed E-state index contributed by atoms with van der Waals surface area (Å²) >= 11 is 1.77. The predicted molar refractivity (Wildman–Crippen MR) is 89.3 cm³/mol. The Morgan fingerprint density at radius 3 is 2.19 bits per heavy atom. The van der Waals surface area contributed by atoms with Crippen LogP contribution in [0.4, 0.5) is 5.13 Å². The first-order valence-electron chi connectivity index (χ1n) is 8.37. The molecule has 1 saturated heterocycles. The lowest BCUT2D eigenvalue weighted by atomic mass is 9.94. The summed E-state index contributed by atoms with van der Waals surface area (Å²) in [5.41, 5.74) is 0.111. The van der Waals surface area contributed by atoms with E-state index < -0.39 is 0 Å². The van der Waals surface area contributed by atoms with Crippen LogP contribution in [0.2, 0.25) is 0 Å². The molecular formula is C16H28N4S. The number of rotatable bonds is 2. The predicted octanol–water partition coefficient (Wildman–Crippen LogP) is 3.29. The van der Waals surface area contributed by atoms with Crippen LogP contribution in [0.1, 0.15) is 57.9 Å². The van der Waals surface area contributed by atoms with Gasteiger partial charge in [-0.05, 0) is 12.8 Å². The van der Waals surface area contributed by atoms with Crippen molar-refractivity contribution in [1.82, 2.24) is 15.1 Å². The summed E-state index contributed by atoms with van der Waals surface area (Å²) in [5.74, 6) is 0. The maximum atomic E-state index is 4.42. The van der Waals surface area contributed by atoms with E-state index in [2.05, 4.69) is 40.8 Å². The van der Waals surface area contributed by atoms with Crippen molar-refractivity contribution in [3.63, 3.8) is 0 Å². The van der Waals surface area contributed by atoms with Gasteiger partial charge in [-0.2, -0.15) is 0 Å². The molecule has 2 fully saturated rings. The van der Waals surface area contributed by atoms with Gasteiger partial charge in [-0.1, -0.05) is 51.4 Å². The molecule has 0 spiro atoms. The van der Waals surface area contributed by atoms with Gasteiger partial charge in [0, 0.05) is 37.6 Å². The van der Waals surface area contributed by atoms with Crippen molar-refractivity contribution in [3.05, 3.63) is 5.01 Å². The summed E-state index contributed by atoms with van der Waals surface area (Å²) in [6.07, 6.45) is 7.11. The lowest BCUT2D eigenvalue weighted by Gasteiger charge is -2.40. The minimum atomic E-state index is 0.111. The molecular weight excluding hydrogens is 280 g/mol. The summed E-state index contributed by atoms with van der Waals surface area (Å²) in [7, 11) is 0. The highest BCUT2D eigenvalue weighted by Gasteiger charge is 2.27. The third-order valence-electron chi connectivity index (χ3n) is 4.73. The number of nitrogens with zero attached hydrogens (tertiary/aromatic N) is 4. The average molecular weight is 308 g/mol. The maximum absolute atomic E-state index is 4.42. The zero-order chi connectivity index (χ0) is 14.9. The number of piperazine rings is 1. The fourth-order valence-electron chi connectivity index (χ4n) is 3.37. The van der Waals surface area contributed by atoms with Gasteiger partial charge in [0.2, 0.25) is 5.13 Å². The van der Waals surface area contributed by atoms with Crippen LogP contribution in [0.5, 0.6) is 0 Å². The van der Waals surface area contributed by atoms with Crippen molar-refractivity contribution in [2.24, 2.45) is 0 Å². The topological polar surface area (TPSA) is 32.3 Å². The number of aromatic nitrogens is 2. The summed E-state index contributed by atoms with van der Waals surface area (Å²) in [4.78, 5) is 5.13. The molecule has 1 saturated carbocycles. The Hall–Kier alpha value is -0.680. The van der Waals surface area contributed by atoms with Gasteiger partial charge in [-0.25, -0.2) is 0 Å². The van der Waals surface area contributed by atoms with Crippen LogP contribution in [0.3, 0.4) is 0 Å². The Kier molecular flexibility index (Phi) is 4.50. The van der Waals surface area contributed by atoms with Crippen LogP contribution in [0, 0.1) is 0 Å².